The lowest BCUT2D eigenvalue weighted by atomic mass is 9.82. The van der Waals surface area contributed by atoms with Crippen molar-refractivity contribution in [2.24, 2.45) is 11.8 Å². The quantitative estimate of drug-likeness (QED) is 0.650. The van der Waals surface area contributed by atoms with E-state index in [1.165, 1.54) is 7.11 Å². The summed E-state index contributed by atoms with van der Waals surface area (Å²) in [7, 11) is 1.35. The second-order valence-electron chi connectivity index (χ2n) is 6.95. The third kappa shape index (κ3) is 4.12. The number of rotatable bonds is 4. The number of benzene rings is 1. The van der Waals surface area contributed by atoms with E-state index in [2.05, 4.69) is 19.6 Å². The Bertz CT molecular complexity index is 607. The van der Waals surface area contributed by atoms with Gasteiger partial charge in [0.05, 0.1) is 18.4 Å². The number of carbonyl (C=O) groups excluding carboxylic acids is 2. The van der Waals surface area contributed by atoms with Gasteiger partial charge in [0.15, 0.2) is 0 Å². The minimum absolute atomic E-state index is 0.0322. The Morgan fingerprint density at radius 3 is 2.38 bits per heavy atom. The molecule has 0 radical (unpaired) electrons. The largest absolute Gasteiger partial charge is 0.465 e. The highest BCUT2D eigenvalue weighted by Crippen LogP contribution is 2.33. The van der Waals surface area contributed by atoms with Gasteiger partial charge < -0.3 is 9.64 Å². The molecular formula is C19H27NO3S. The van der Waals surface area contributed by atoms with Gasteiger partial charge in [-0.3, -0.25) is 4.79 Å². The van der Waals surface area contributed by atoms with Crippen molar-refractivity contribution in [3.63, 3.8) is 0 Å². The van der Waals surface area contributed by atoms with Gasteiger partial charge >= 0.3 is 5.97 Å². The molecule has 1 aromatic rings. The van der Waals surface area contributed by atoms with Crippen LogP contribution in [0.1, 0.15) is 56.8 Å². The molecule has 0 aromatic heterocycles. The van der Waals surface area contributed by atoms with Crippen LogP contribution in [0.4, 0.5) is 5.69 Å². The molecule has 132 valence electrons. The minimum Gasteiger partial charge on any atom is -0.465 e. The molecule has 2 rings (SSSR count). The second-order valence-corrected chi connectivity index (χ2v) is 7.47. The van der Waals surface area contributed by atoms with Crippen LogP contribution in [0.15, 0.2) is 23.1 Å². The van der Waals surface area contributed by atoms with E-state index in [1.807, 2.05) is 13.8 Å². The van der Waals surface area contributed by atoms with Crippen molar-refractivity contribution >= 4 is 30.2 Å². The summed E-state index contributed by atoms with van der Waals surface area (Å²) >= 11 is 4.31. The minimum atomic E-state index is -0.448. The summed E-state index contributed by atoms with van der Waals surface area (Å²) in [5.74, 6) is 0.381. The number of hydrogen-bond donors (Lipinski definition) is 1. The summed E-state index contributed by atoms with van der Waals surface area (Å²) in [6, 6.07) is 5.22. The van der Waals surface area contributed by atoms with Crippen LogP contribution in [-0.2, 0) is 9.53 Å². The van der Waals surface area contributed by atoms with Crippen LogP contribution in [0.3, 0.4) is 0 Å². The van der Waals surface area contributed by atoms with E-state index in [4.69, 9.17) is 4.74 Å². The van der Waals surface area contributed by atoms with E-state index in [0.717, 1.165) is 25.7 Å². The van der Waals surface area contributed by atoms with Gasteiger partial charge in [0, 0.05) is 16.9 Å². The Balaban J connectivity index is 2.37. The normalized spacial score (nSPS) is 20.8. The van der Waals surface area contributed by atoms with Crippen LogP contribution in [0.5, 0.6) is 0 Å². The van der Waals surface area contributed by atoms with Crippen molar-refractivity contribution in [2.75, 3.05) is 12.0 Å². The molecule has 1 fully saturated rings. The fourth-order valence-electron chi connectivity index (χ4n) is 3.36. The Labute approximate surface area is 150 Å². The van der Waals surface area contributed by atoms with Gasteiger partial charge in [-0.1, -0.05) is 6.92 Å². The molecule has 0 aliphatic heterocycles. The Kier molecular flexibility index (Phi) is 6.33. The third-order valence-corrected chi connectivity index (χ3v) is 5.04. The number of ether oxygens (including phenoxy) is 1. The number of esters is 1. The topological polar surface area (TPSA) is 46.6 Å². The van der Waals surface area contributed by atoms with Gasteiger partial charge in [-0.2, -0.15) is 0 Å². The first kappa shape index (κ1) is 18.8. The lowest BCUT2D eigenvalue weighted by Crippen LogP contribution is -2.43. The number of nitrogens with zero attached hydrogens (tertiary/aromatic N) is 1. The van der Waals surface area contributed by atoms with E-state index in [9.17, 15) is 9.59 Å². The van der Waals surface area contributed by atoms with Gasteiger partial charge in [0.2, 0.25) is 5.91 Å². The molecule has 1 amide bonds. The predicted octanol–water partition coefficient (Wildman–Crippen LogP) is 4.33. The lowest BCUT2D eigenvalue weighted by molar-refractivity contribution is -0.123. The molecule has 5 heteroatoms. The summed E-state index contributed by atoms with van der Waals surface area (Å²) in [6.07, 6.45) is 4.01. The maximum Gasteiger partial charge on any atom is 0.340 e. The number of anilines is 1. The van der Waals surface area contributed by atoms with Crippen LogP contribution in [-0.4, -0.2) is 25.0 Å². The first-order chi connectivity index (χ1) is 11.3. The Hall–Kier alpha value is -1.49. The molecule has 0 bridgehead atoms. The van der Waals surface area contributed by atoms with Crippen LogP contribution >= 0.6 is 12.6 Å². The zero-order valence-corrected chi connectivity index (χ0v) is 15.8. The standard InChI is InChI=1S/C19H27NO3S/c1-12(2)20(18(21)14-7-5-13(3)6-8-14)17-10-9-15(24)11-16(17)19(22)23-4/h9-14,24H,5-8H2,1-4H3. The van der Waals surface area contributed by atoms with Crippen LogP contribution in [0.2, 0.25) is 0 Å². The van der Waals surface area contributed by atoms with Crippen LogP contribution < -0.4 is 4.90 Å². The molecule has 24 heavy (non-hydrogen) atoms. The molecule has 0 heterocycles. The molecule has 1 aromatic carbocycles. The highest BCUT2D eigenvalue weighted by molar-refractivity contribution is 7.80. The van der Waals surface area contributed by atoms with Crippen molar-refractivity contribution in [1.29, 1.82) is 0 Å². The first-order valence-corrected chi connectivity index (χ1v) is 9.04. The third-order valence-electron chi connectivity index (χ3n) is 4.76. The SMILES string of the molecule is COC(=O)c1cc(S)ccc1N(C(=O)C1CCC(C)CC1)C(C)C. The van der Waals surface area contributed by atoms with Crippen molar-refractivity contribution in [2.45, 2.75) is 57.4 Å². The number of thiol groups is 1. The molecule has 0 atom stereocenters. The molecule has 0 N–H and O–H groups in total. The van der Waals surface area contributed by atoms with Gasteiger partial charge in [-0.25, -0.2) is 4.79 Å². The lowest BCUT2D eigenvalue weighted by Gasteiger charge is -2.34. The van der Waals surface area contributed by atoms with E-state index < -0.39 is 5.97 Å². The van der Waals surface area contributed by atoms with E-state index in [0.29, 0.717) is 22.1 Å². The highest BCUT2D eigenvalue weighted by atomic mass is 32.1. The van der Waals surface area contributed by atoms with E-state index >= 15 is 0 Å². The van der Waals surface area contributed by atoms with E-state index in [1.54, 1.807) is 23.1 Å². The second kappa shape index (κ2) is 8.06. The number of amides is 1. The van der Waals surface area contributed by atoms with Crippen molar-refractivity contribution < 1.29 is 14.3 Å². The number of methoxy groups -OCH3 is 1. The zero-order valence-electron chi connectivity index (χ0n) is 14.9. The summed E-state index contributed by atoms with van der Waals surface area (Å²) in [6.45, 7) is 6.18. The average Bonchev–Trinajstić information content (AvgIpc) is 2.55. The average molecular weight is 349 g/mol. The van der Waals surface area contributed by atoms with Gasteiger partial charge in [0.25, 0.3) is 0 Å². The molecule has 0 unspecified atom stereocenters. The molecular weight excluding hydrogens is 322 g/mol. The van der Waals surface area contributed by atoms with Crippen molar-refractivity contribution in [3.8, 4) is 0 Å². The molecule has 1 aliphatic carbocycles. The van der Waals surface area contributed by atoms with Crippen molar-refractivity contribution in [1.82, 2.24) is 0 Å². The van der Waals surface area contributed by atoms with Gasteiger partial charge in [0.1, 0.15) is 0 Å². The maximum absolute atomic E-state index is 13.1. The summed E-state index contributed by atoms with van der Waals surface area (Å²) in [4.78, 5) is 27.7. The van der Waals surface area contributed by atoms with E-state index in [-0.39, 0.29) is 17.9 Å². The van der Waals surface area contributed by atoms with Gasteiger partial charge in [-0.15, -0.1) is 12.6 Å². The maximum atomic E-state index is 13.1. The highest BCUT2D eigenvalue weighted by Gasteiger charge is 2.32. The van der Waals surface area contributed by atoms with Crippen LogP contribution in [0, 0.1) is 11.8 Å². The Morgan fingerprint density at radius 1 is 1.21 bits per heavy atom. The zero-order chi connectivity index (χ0) is 17.9. The summed E-state index contributed by atoms with van der Waals surface area (Å²) < 4.78 is 4.89. The predicted molar refractivity (Wildman–Crippen MR) is 98.8 cm³/mol. The first-order valence-electron chi connectivity index (χ1n) is 8.59. The molecule has 1 saturated carbocycles. The number of hydrogen-bond acceptors (Lipinski definition) is 4. The molecule has 1 aliphatic rings. The molecule has 0 spiro atoms. The van der Waals surface area contributed by atoms with Crippen LogP contribution in [0.25, 0.3) is 0 Å². The van der Waals surface area contributed by atoms with Crippen molar-refractivity contribution in [3.05, 3.63) is 23.8 Å². The monoisotopic (exact) mass is 349 g/mol. The fraction of sp³-hybridized carbons (Fsp3) is 0.579. The summed E-state index contributed by atoms with van der Waals surface area (Å²) in [5, 5.41) is 0. The fourth-order valence-corrected chi connectivity index (χ4v) is 3.57. The smallest absolute Gasteiger partial charge is 0.340 e. The number of carbonyl (C=O) groups is 2. The molecule has 4 nitrogen and oxygen atoms in total. The molecule has 0 saturated heterocycles. The Morgan fingerprint density at radius 2 is 1.83 bits per heavy atom. The summed E-state index contributed by atoms with van der Waals surface area (Å²) in [5.41, 5.74) is 0.995. The van der Waals surface area contributed by atoms with Gasteiger partial charge in [-0.05, 0) is 63.6 Å².